The summed E-state index contributed by atoms with van der Waals surface area (Å²) in [6.07, 6.45) is 0.0671. The predicted molar refractivity (Wildman–Crippen MR) is 113 cm³/mol. The summed E-state index contributed by atoms with van der Waals surface area (Å²) < 4.78 is 7.36. The fourth-order valence-corrected chi connectivity index (χ4v) is 3.39. The van der Waals surface area contributed by atoms with Gasteiger partial charge in [-0.05, 0) is 24.5 Å². The minimum absolute atomic E-state index is 0.0701. The number of β-amino-alcohol motifs (C(OH)–C–C–N with tert-alkyl or cyclic N) is 1. The Hall–Kier alpha value is -2.94. The maximum atomic E-state index is 12.9. The number of hydrogen-bond donors (Lipinski definition) is 2. The van der Waals surface area contributed by atoms with Crippen molar-refractivity contribution in [1.82, 2.24) is 15.1 Å². The summed E-state index contributed by atoms with van der Waals surface area (Å²) in [5, 5.41) is 13.9. The Labute approximate surface area is 176 Å². The number of carbonyl (C=O) groups excluding carboxylic acids is 2. The molecule has 9 heteroatoms. The van der Waals surface area contributed by atoms with Gasteiger partial charge in [-0.3, -0.25) is 19.9 Å². The highest BCUT2D eigenvalue weighted by Crippen LogP contribution is 2.19. The van der Waals surface area contributed by atoms with Gasteiger partial charge in [0.2, 0.25) is 11.9 Å². The van der Waals surface area contributed by atoms with Crippen molar-refractivity contribution < 1.29 is 24.0 Å². The van der Waals surface area contributed by atoms with Gasteiger partial charge in [0.15, 0.2) is 0 Å². The molecule has 3 rings (SSSR count). The van der Waals surface area contributed by atoms with Crippen molar-refractivity contribution >= 4 is 23.7 Å². The molecule has 2 aliphatic heterocycles. The van der Waals surface area contributed by atoms with Gasteiger partial charge in [0.05, 0.1) is 13.1 Å². The molecule has 0 aliphatic carbocycles. The quantitative estimate of drug-likeness (QED) is 0.609. The highest BCUT2D eigenvalue weighted by molar-refractivity contribution is 6.22. The molecule has 0 saturated carbocycles. The Morgan fingerprint density at radius 1 is 1.20 bits per heavy atom. The van der Waals surface area contributed by atoms with Crippen LogP contribution in [0.15, 0.2) is 35.3 Å². The number of rotatable bonds is 8. The SMILES string of the molecule is CC(C)CCNC1=[N+](CC(O)COc2ccccc2)C2C(=O)N(C)C(=O)N(C)C2=N1. The highest BCUT2D eigenvalue weighted by atomic mass is 16.5. The van der Waals surface area contributed by atoms with E-state index >= 15 is 0 Å². The maximum Gasteiger partial charge on any atom is 0.390 e. The number of imide groups is 1. The van der Waals surface area contributed by atoms with Crippen LogP contribution in [0.3, 0.4) is 0 Å². The van der Waals surface area contributed by atoms with Gasteiger partial charge in [-0.2, -0.15) is 0 Å². The van der Waals surface area contributed by atoms with Crippen molar-refractivity contribution in [1.29, 1.82) is 0 Å². The van der Waals surface area contributed by atoms with E-state index < -0.39 is 18.2 Å². The largest absolute Gasteiger partial charge is 0.491 e. The van der Waals surface area contributed by atoms with Gasteiger partial charge in [0.25, 0.3) is 5.91 Å². The first kappa shape index (κ1) is 21.8. The molecular formula is C21H30N5O4+. The molecule has 0 bridgehead atoms. The number of ether oxygens (including phenoxy) is 1. The van der Waals surface area contributed by atoms with Crippen LogP contribution in [0.4, 0.5) is 4.79 Å². The molecule has 1 aromatic rings. The van der Waals surface area contributed by atoms with Crippen molar-refractivity contribution in [2.45, 2.75) is 32.4 Å². The third-order valence-electron chi connectivity index (χ3n) is 5.13. The first-order valence-corrected chi connectivity index (χ1v) is 10.2. The number of aliphatic hydroxyl groups excluding tert-OH is 1. The predicted octanol–water partition coefficient (Wildman–Crippen LogP) is 0.735. The van der Waals surface area contributed by atoms with Gasteiger partial charge in [-0.1, -0.05) is 37.0 Å². The first-order valence-electron chi connectivity index (χ1n) is 10.2. The second kappa shape index (κ2) is 9.25. The van der Waals surface area contributed by atoms with E-state index in [1.807, 2.05) is 30.3 Å². The Balaban J connectivity index is 1.77. The smallest absolute Gasteiger partial charge is 0.390 e. The molecule has 0 spiro atoms. The first-order chi connectivity index (χ1) is 14.3. The van der Waals surface area contributed by atoms with Gasteiger partial charge in [-0.15, -0.1) is 0 Å². The van der Waals surface area contributed by atoms with Crippen molar-refractivity contribution in [3.63, 3.8) is 0 Å². The fraction of sp³-hybridized carbons (Fsp3) is 0.524. The molecule has 1 aromatic carbocycles. The number of guanidine groups is 1. The van der Waals surface area contributed by atoms with Crippen LogP contribution >= 0.6 is 0 Å². The summed E-state index contributed by atoms with van der Waals surface area (Å²) in [5.74, 6) is 1.65. The maximum absolute atomic E-state index is 12.9. The van der Waals surface area contributed by atoms with Crippen molar-refractivity contribution in [3.05, 3.63) is 30.3 Å². The van der Waals surface area contributed by atoms with Crippen LogP contribution in [0.5, 0.6) is 5.75 Å². The molecule has 2 aliphatic rings. The number of fused-ring (bicyclic) bond motifs is 1. The number of nitrogens with one attached hydrogen (secondary N) is 1. The van der Waals surface area contributed by atoms with E-state index in [2.05, 4.69) is 24.2 Å². The highest BCUT2D eigenvalue weighted by Gasteiger charge is 2.51. The van der Waals surface area contributed by atoms with Crippen molar-refractivity contribution in [2.75, 3.05) is 33.8 Å². The van der Waals surface area contributed by atoms with Crippen LogP contribution in [0.2, 0.25) is 0 Å². The van der Waals surface area contributed by atoms with Crippen LogP contribution in [0.1, 0.15) is 20.3 Å². The van der Waals surface area contributed by atoms with E-state index in [1.54, 1.807) is 11.6 Å². The third-order valence-corrected chi connectivity index (χ3v) is 5.13. The summed E-state index contributed by atoms with van der Waals surface area (Å²) in [4.78, 5) is 32.2. The molecule has 9 nitrogen and oxygen atoms in total. The minimum atomic E-state index is -0.859. The molecule has 0 radical (unpaired) electrons. The third kappa shape index (κ3) is 4.62. The molecule has 3 amide bonds. The van der Waals surface area contributed by atoms with E-state index in [-0.39, 0.29) is 19.1 Å². The minimum Gasteiger partial charge on any atom is -0.491 e. The molecule has 0 aromatic heterocycles. The van der Waals surface area contributed by atoms with E-state index in [4.69, 9.17) is 4.74 Å². The standard InChI is InChI=1S/C21H29N5O4/c1-14(2)10-11-22-20-23-18-17(19(28)25(4)21(29)24(18)3)26(20)12-15(27)13-30-16-8-6-5-7-9-16/h5-9,14-15,17,27H,10-13H2,1-4H3/p+1. The Bertz CT molecular complexity index is 852. The summed E-state index contributed by atoms with van der Waals surface area (Å²) in [5.41, 5.74) is 0. The van der Waals surface area contributed by atoms with Crippen molar-refractivity contribution in [3.8, 4) is 5.75 Å². The molecule has 2 heterocycles. The zero-order valence-corrected chi connectivity index (χ0v) is 17.9. The van der Waals surface area contributed by atoms with E-state index in [1.165, 1.54) is 11.9 Å². The van der Waals surface area contributed by atoms with Crippen LogP contribution in [-0.4, -0.2) is 89.2 Å². The summed E-state index contributed by atoms with van der Waals surface area (Å²) in [6.45, 7) is 5.13. The molecule has 2 N–H and O–H groups in total. The van der Waals surface area contributed by atoms with Gasteiger partial charge in [0.1, 0.15) is 18.5 Å². The number of likely N-dealkylation sites (N-methyl/N-ethyl adjacent to an activating group) is 2. The molecule has 2 unspecified atom stereocenters. The van der Waals surface area contributed by atoms with Gasteiger partial charge in [-0.25, -0.2) is 9.37 Å². The summed E-state index contributed by atoms with van der Waals surface area (Å²) >= 11 is 0. The fourth-order valence-electron chi connectivity index (χ4n) is 3.39. The topological polar surface area (TPSA) is 97.5 Å². The zero-order valence-electron chi connectivity index (χ0n) is 17.9. The average Bonchev–Trinajstić information content (AvgIpc) is 3.08. The lowest BCUT2D eigenvalue weighted by atomic mass is 10.1. The molecule has 162 valence electrons. The Kier molecular flexibility index (Phi) is 6.71. The second-order valence-corrected chi connectivity index (χ2v) is 7.97. The lowest BCUT2D eigenvalue weighted by Gasteiger charge is -2.32. The molecule has 30 heavy (non-hydrogen) atoms. The van der Waals surface area contributed by atoms with E-state index in [9.17, 15) is 14.7 Å². The number of hydrogen-bond acceptors (Lipinski definition) is 6. The molecular weight excluding hydrogens is 386 g/mol. The summed E-state index contributed by atoms with van der Waals surface area (Å²) in [6, 6.07) is 8.05. The Morgan fingerprint density at radius 3 is 2.57 bits per heavy atom. The van der Waals surface area contributed by atoms with Crippen LogP contribution < -0.4 is 10.1 Å². The number of amidine groups is 1. The number of carbonyl (C=O) groups is 2. The lowest BCUT2D eigenvalue weighted by Crippen LogP contribution is -2.62. The average molecular weight is 417 g/mol. The molecule has 2 atom stereocenters. The summed E-state index contributed by atoms with van der Waals surface area (Å²) in [7, 11) is 3.05. The van der Waals surface area contributed by atoms with E-state index in [0.29, 0.717) is 30.0 Å². The number of urea groups is 1. The number of aliphatic hydroxyl groups is 1. The van der Waals surface area contributed by atoms with E-state index in [0.717, 1.165) is 11.3 Å². The van der Waals surface area contributed by atoms with Crippen molar-refractivity contribution in [2.24, 2.45) is 10.9 Å². The van der Waals surface area contributed by atoms with Crippen LogP contribution in [-0.2, 0) is 4.79 Å². The monoisotopic (exact) mass is 416 g/mol. The van der Waals surface area contributed by atoms with Crippen LogP contribution in [0.25, 0.3) is 0 Å². The lowest BCUT2D eigenvalue weighted by molar-refractivity contribution is -0.545. The number of amides is 3. The Morgan fingerprint density at radius 2 is 1.90 bits per heavy atom. The zero-order chi connectivity index (χ0) is 21.8. The number of nitrogens with zero attached hydrogens (tertiary/aromatic N) is 4. The molecule has 1 fully saturated rings. The van der Waals surface area contributed by atoms with Gasteiger partial charge >= 0.3 is 12.0 Å². The second-order valence-electron chi connectivity index (χ2n) is 7.97. The molecule has 1 saturated heterocycles. The normalized spacial score (nSPS) is 19.9. The van der Waals surface area contributed by atoms with Gasteiger partial charge < -0.3 is 9.84 Å². The number of benzene rings is 1. The van der Waals surface area contributed by atoms with Crippen LogP contribution in [0, 0.1) is 5.92 Å². The number of para-hydroxylation sites is 1. The van der Waals surface area contributed by atoms with Gasteiger partial charge in [0, 0.05) is 14.1 Å². The number of aliphatic imine (C=N–C) groups is 1.